The summed E-state index contributed by atoms with van der Waals surface area (Å²) >= 11 is 0. The summed E-state index contributed by atoms with van der Waals surface area (Å²) in [5.74, 6) is 0.247. The second-order valence-electron chi connectivity index (χ2n) is 7.45. The van der Waals surface area contributed by atoms with Gasteiger partial charge in [0.2, 0.25) is 0 Å². The number of unbranched alkanes of at least 4 members (excludes halogenated alkanes) is 12. The molecule has 0 saturated heterocycles. The molecule has 1 aromatic rings. The largest absolute Gasteiger partial charge is 0.385 e. The van der Waals surface area contributed by atoms with Crippen molar-refractivity contribution in [1.82, 2.24) is 9.55 Å². The molecule has 1 heterocycles. The topological polar surface area (TPSA) is 80.9 Å². The standard InChI is InChI=1S/C22H39N3O2/c1-2-3-4-5-6-7-8-9-10-11-12-13-14-15-16-17-18-25-20(23)19-21(26)24-22(25)27/h9-10,19H,2-8,11-18,23H2,1H3,(H,24,26,27). The zero-order chi connectivity index (χ0) is 19.7. The fourth-order valence-electron chi connectivity index (χ4n) is 3.29. The van der Waals surface area contributed by atoms with E-state index in [0.29, 0.717) is 6.54 Å². The molecular weight excluding hydrogens is 338 g/mol. The number of allylic oxidation sites excluding steroid dienone is 2. The summed E-state index contributed by atoms with van der Waals surface area (Å²) in [6.07, 6.45) is 22.3. The number of nitrogens with zero attached hydrogens (tertiary/aromatic N) is 1. The second kappa shape index (κ2) is 15.3. The van der Waals surface area contributed by atoms with E-state index in [1.54, 1.807) is 0 Å². The van der Waals surface area contributed by atoms with Crippen LogP contribution >= 0.6 is 0 Å². The first-order valence-corrected chi connectivity index (χ1v) is 10.9. The van der Waals surface area contributed by atoms with Gasteiger partial charge in [0.25, 0.3) is 5.56 Å². The molecule has 3 N–H and O–H groups in total. The van der Waals surface area contributed by atoms with Gasteiger partial charge in [0.05, 0.1) is 0 Å². The number of aromatic nitrogens is 2. The van der Waals surface area contributed by atoms with Crippen molar-refractivity contribution >= 4 is 5.82 Å². The lowest BCUT2D eigenvalue weighted by atomic mass is 10.1. The fraction of sp³-hybridized carbons (Fsp3) is 0.727. The molecule has 0 fully saturated rings. The quantitative estimate of drug-likeness (QED) is 0.308. The van der Waals surface area contributed by atoms with E-state index in [1.807, 2.05) is 0 Å². The van der Waals surface area contributed by atoms with Crippen LogP contribution in [0.25, 0.3) is 0 Å². The van der Waals surface area contributed by atoms with Crippen LogP contribution in [0.4, 0.5) is 5.82 Å². The summed E-state index contributed by atoms with van der Waals surface area (Å²) in [6, 6.07) is 1.27. The molecule has 1 aromatic heterocycles. The predicted octanol–water partition coefficient (Wildman–Crippen LogP) is 5.16. The van der Waals surface area contributed by atoms with Crippen molar-refractivity contribution < 1.29 is 0 Å². The monoisotopic (exact) mass is 377 g/mol. The third kappa shape index (κ3) is 11.5. The van der Waals surface area contributed by atoms with Gasteiger partial charge >= 0.3 is 5.69 Å². The molecule has 0 amide bonds. The Bertz CT molecular complexity index is 631. The predicted molar refractivity (Wildman–Crippen MR) is 115 cm³/mol. The SMILES string of the molecule is CCCCCCCCC=CCCCCCCCCn1c(N)cc(=O)[nH]c1=O. The highest BCUT2D eigenvalue weighted by Gasteiger charge is 2.02. The zero-order valence-corrected chi connectivity index (χ0v) is 17.2. The van der Waals surface area contributed by atoms with Crippen molar-refractivity contribution in [3.05, 3.63) is 39.1 Å². The second-order valence-corrected chi connectivity index (χ2v) is 7.45. The normalized spacial score (nSPS) is 11.4. The lowest BCUT2D eigenvalue weighted by Gasteiger charge is -2.07. The van der Waals surface area contributed by atoms with Gasteiger partial charge in [-0.1, -0.05) is 76.9 Å². The molecule has 27 heavy (non-hydrogen) atoms. The summed E-state index contributed by atoms with van der Waals surface area (Å²) in [4.78, 5) is 25.1. The van der Waals surface area contributed by atoms with Crippen molar-refractivity contribution in [2.75, 3.05) is 5.73 Å². The highest BCUT2D eigenvalue weighted by atomic mass is 16.2. The third-order valence-corrected chi connectivity index (χ3v) is 4.96. The van der Waals surface area contributed by atoms with Crippen LogP contribution in [0.3, 0.4) is 0 Å². The number of nitrogen functional groups attached to an aromatic ring is 1. The first-order valence-electron chi connectivity index (χ1n) is 10.9. The number of nitrogens with two attached hydrogens (primary N) is 1. The molecule has 0 spiro atoms. The Kier molecular flexibility index (Phi) is 13.2. The van der Waals surface area contributed by atoms with Gasteiger partial charge < -0.3 is 5.73 Å². The van der Waals surface area contributed by atoms with Gasteiger partial charge in [0.1, 0.15) is 5.82 Å². The maximum Gasteiger partial charge on any atom is 0.329 e. The molecule has 0 aromatic carbocycles. The zero-order valence-electron chi connectivity index (χ0n) is 17.2. The van der Waals surface area contributed by atoms with Gasteiger partial charge in [-0.3, -0.25) is 14.3 Å². The molecule has 0 bridgehead atoms. The van der Waals surface area contributed by atoms with E-state index in [2.05, 4.69) is 24.1 Å². The average Bonchev–Trinajstić information content (AvgIpc) is 2.63. The summed E-state index contributed by atoms with van der Waals surface area (Å²) < 4.78 is 1.44. The van der Waals surface area contributed by atoms with Crippen molar-refractivity contribution in [2.24, 2.45) is 0 Å². The number of hydrogen-bond acceptors (Lipinski definition) is 3. The Morgan fingerprint density at radius 2 is 1.37 bits per heavy atom. The Morgan fingerprint density at radius 1 is 0.852 bits per heavy atom. The first kappa shape index (κ1) is 23.3. The van der Waals surface area contributed by atoms with Crippen LogP contribution in [-0.2, 0) is 6.54 Å². The van der Waals surface area contributed by atoms with E-state index < -0.39 is 11.2 Å². The van der Waals surface area contributed by atoms with E-state index in [1.165, 1.54) is 87.7 Å². The van der Waals surface area contributed by atoms with Crippen molar-refractivity contribution in [1.29, 1.82) is 0 Å². The van der Waals surface area contributed by atoms with Crippen LogP contribution in [-0.4, -0.2) is 9.55 Å². The molecule has 0 aliphatic heterocycles. The summed E-state index contributed by atoms with van der Waals surface area (Å²) in [5, 5.41) is 0. The first-order chi connectivity index (χ1) is 13.1. The highest BCUT2D eigenvalue weighted by molar-refractivity contribution is 5.25. The van der Waals surface area contributed by atoms with Crippen LogP contribution in [0.5, 0.6) is 0 Å². The van der Waals surface area contributed by atoms with Gasteiger partial charge in [-0.05, 0) is 32.1 Å². The minimum atomic E-state index is -0.435. The highest BCUT2D eigenvalue weighted by Crippen LogP contribution is 2.10. The van der Waals surface area contributed by atoms with Crippen LogP contribution in [0, 0.1) is 0 Å². The van der Waals surface area contributed by atoms with Crippen molar-refractivity contribution in [3.63, 3.8) is 0 Å². The molecular formula is C22H39N3O2. The number of hydrogen-bond donors (Lipinski definition) is 2. The lowest BCUT2D eigenvalue weighted by molar-refractivity contribution is 0.543. The maximum absolute atomic E-state index is 11.7. The number of H-pyrrole nitrogens is 1. The number of anilines is 1. The molecule has 0 radical (unpaired) electrons. The number of aromatic amines is 1. The van der Waals surface area contributed by atoms with Gasteiger partial charge in [-0.15, -0.1) is 0 Å². The van der Waals surface area contributed by atoms with Gasteiger partial charge in [-0.2, -0.15) is 0 Å². The minimum Gasteiger partial charge on any atom is -0.385 e. The van der Waals surface area contributed by atoms with Crippen LogP contribution < -0.4 is 17.0 Å². The fourth-order valence-corrected chi connectivity index (χ4v) is 3.29. The summed E-state index contributed by atoms with van der Waals surface area (Å²) in [5.41, 5.74) is 4.88. The van der Waals surface area contributed by atoms with Crippen LogP contribution in [0.15, 0.2) is 27.8 Å². The minimum absolute atomic E-state index is 0.247. The Labute approximate surface area is 164 Å². The van der Waals surface area contributed by atoms with Gasteiger partial charge in [0.15, 0.2) is 0 Å². The lowest BCUT2D eigenvalue weighted by Crippen LogP contribution is -2.31. The van der Waals surface area contributed by atoms with Crippen LogP contribution in [0.2, 0.25) is 0 Å². The van der Waals surface area contributed by atoms with E-state index in [0.717, 1.165) is 12.8 Å². The van der Waals surface area contributed by atoms with E-state index in [4.69, 9.17) is 5.73 Å². The smallest absolute Gasteiger partial charge is 0.329 e. The molecule has 154 valence electrons. The van der Waals surface area contributed by atoms with Gasteiger partial charge in [0, 0.05) is 12.6 Å². The molecule has 0 aliphatic carbocycles. The maximum atomic E-state index is 11.7. The number of rotatable bonds is 16. The molecule has 5 nitrogen and oxygen atoms in total. The number of nitrogens with one attached hydrogen (secondary N) is 1. The Morgan fingerprint density at radius 3 is 1.93 bits per heavy atom. The molecule has 0 unspecified atom stereocenters. The molecule has 0 aliphatic rings. The van der Waals surface area contributed by atoms with Gasteiger partial charge in [-0.25, -0.2) is 4.79 Å². The Balaban J connectivity index is 1.93. The van der Waals surface area contributed by atoms with Crippen molar-refractivity contribution in [2.45, 2.75) is 103 Å². The molecule has 0 atom stereocenters. The Hall–Kier alpha value is -1.78. The molecule has 1 rings (SSSR count). The average molecular weight is 378 g/mol. The van der Waals surface area contributed by atoms with Crippen molar-refractivity contribution in [3.8, 4) is 0 Å². The van der Waals surface area contributed by atoms with E-state index in [9.17, 15) is 9.59 Å². The molecule has 0 saturated carbocycles. The third-order valence-electron chi connectivity index (χ3n) is 4.96. The summed E-state index contributed by atoms with van der Waals surface area (Å²) in [7, 11) is 0. The molecule has 5 heteroatoms. The van der Waals surface area contributed by atoms with E-state index >= 15 is 0 Å². The summed E-state index contributed by atoms with van der Waals surface area (Å²) in [6.45, 7) is 2.83. The van der Waals surface area contributed by atoms with Crippen LogP contribution in [0.1, 0.15) is 96.8 Å². The van der Waals surface area contributed by atoms with E-state index in [-0.39, 0.29) is 5.82 Å².